The number of carbonyl (C=O) groups excluding carboxylic acids is 1. The Kier molecular flexibility index (Phi) is 11.8. The minimum Gasteiger partial charge on any atom is -0.492 e. The molecule has 2 atom stereocenters. The maximum Gasteiger partial charge on any atom is 0.425 e. The number of rotatable bonds is 12. The highest BCUT2D eigenvalue weighted by atomic mass is 32.1. The lowest BCUT2D eigenvalue weighted by Crippen LogP contribution is -2.67. The summed E-state index contributed by atoms with van der Waals surface area (Å²) in [6, 6.07) is 8.81. The van der Waals surface area contributed by atoms with Crippen LogP contribution in [-0.2, 0) is 34.1 Å². The van der Waals surface area contributed by atoms with Crippen LogP contribution in [0.2, 0.25) is 0 Å². The van der Waals surface area contributed by atoms with E-state index in [4.69, 9.17) is 9.47 Å². The zero-order valence-electron chi connectivity index (χ0n) is 29.6. The van der Waals surface area contributed by atoms with E-state index in [9.17, 15) is 46.1 Å². The van der Waals surface area contributed by atoms with Crippen molar-refractivity contribution >= 4 is 23.2 Å². The van der Waals surface area contributed by atoms with Gasteiger partial charge in [-0.25, -0.2) is 0 Å². The number of hydrogen-bond acceptors (Lipinski definition) is 8. The first-order valence-electron chi connectivity index (χ1n) is 17.4. The first kappa shape index (κ1) is 40.3. The predicted octanol–water partition coefficient (Wildman–Crippen LogP) is 7.76. The molecule has 2 aromatic heterocycles. The number of aliphatic carboxylic acids is 1. The topological polar surface area (TPSA) is 112 Å². The van der Waals surface area contributed by atoms with Gasteiger partial charge in [0.1, 0.15) is 23.0 Å². The fraction of sp³-hybridized carbons (Fsp3) is 0.541. The van der Waals surface area contributed by atoms with E-state index in [-0.39, 0.29) is 63.4 Å². The second-order valence-electron chi connectivity index (χ2n) is 14.3. The average molecular weight is 772 g/mol. The Morgan fingerprint density at radius 3 is 2.32 bits per heavy atom. The van der Waals surface area contributed by atoms with Gasteiger partial charge in [0.15, 0.2) is 0 Å². The number of hydrogen-bond donors (Lipinski definition) is 2. The summed E-state index contributed by atoms with van der Waals surface area (Å²) in [5.74, 6) is -1.47. The maximum atomic E-state index is 14.9. The summed E-state index contributed by atoms with van der Waals surface area (Å²) in [6.45, 7) is 4.76. The number of piperidine rings is 2. The number of carboxylic acid groups (broad SMARTS) is 1. The summed E-state index contributed by atoms with van der Waals surface area (Å²) >= 11 is 0.418. The van der Waals surface area contributed by atoms with Crippen LogP contribution in [0.1, 0.15) is 81.0 Å². The Bertz CT molecular complexity index is 1760. The number of amides is 1. The molecule has 0 bridgehead atoms. The van der Waals surface area contributed by atoms with Gasteiger partial charge < -0.3 is 24.6 Å². The molecule has 4 heterocycles. The Labute approximate surface area is 307 Å². The van der Waals surface area contributed by atoms with E-state index in [1.165, 1.54) is 36.4 Å². The van der Waals surface area contributed by atoms with E-state index in [0.29, 0.717) is 42.0 Å². The number of aliphatic hydroxyl groups is 1. The number of halogens is 6. The van der Waals surface area contributed by atoms with E-state index in [0.717, 1.165) is 12.1 Å². The fourth-order valence-electron chi connectivity index (χ4n) is 7.11. The summed E-state index contributed by atoms with van der Waals surface area (Å²) in [6.07, 6.45) is -6.84. The Balaban J connectivity index is 1.46. The van der Waals surface area contributed by atoms with Crippen LogP contribution in [0, 0.1) is 5.41 Å². The zero-order chi connectivity index (χ0) is 38.8. The molecule has 2 aliphatic rings. The van der Waals surface area contributed by atoms with Gasteiger partial charge in [0, 0.05) is 42.8 Å². The van der Waals surface area contributed by atoms with Gasteiger partial charge in [0.2, 0.25) is 5.60 Å². The number of nitrogens with zero attached hydrogens (tertiary/aromatic N) is 3. The molecule has 2 saturated heterocycles. The second kappa shape index (κ2) is 15.5. The molecule has 53 heavy (non-hydrogen) atoms. The van der Waals surface area contributed by atoms with Gasteiger partial charge in [0.05, 0.1) is 28.3 Å². The largest absolute Gasteiger partial charge is 0.492 e. The monoisotopic (exact) mass is 771 g/mol. The van der Waals surface area contributed by atoms with Crippen molar-refractivity contribution in [3.63, 3.8) is 0 Å². The average Bonchev–Trinajstić information content (AvgIpc) is 3.58. The molecule has 2 N–H and O–H groups in total. The first-order chi connectivity index (χ1) is 24.8. The third-order valence-electron chi connectivity index (χ3n) is 10.0. The van der Waals surface area contributed by atoms with Crippen LogP contribution < -0.4 is 9.47 Å². The van der Waals surface area contributed by atoms with Gasteiger partial charge in [-0.15, -0.1) is 11.3 Å². The molecule has 0 saturated carbocycles. The smallest absolute Gasteiger partial charge is 0.425 e. The van der Waals surface area contributed by atoms with Gasteiger partial charge in [0.25, 0.3) is 5.91 Å². The van der Waals surface area contributed by atoms with Gasteiger partial charge in [-0.3, -0.25) is 19.5 Å². The van der Waals surface area contributed by atoms with Crippen molar-refractivity contribution in [1.29, 1.82) is 0 Å². The molecule has 1 amide bonds. The van der Waals surface area contributed by atoms with Crippen LogP contribution in [-0.4, -0.2) is 74.8 Å². The molecular formula is C37H43F6N3O6S. The quantitative estimate of drug-likeness (QED) is 0.180. The summed E-state index contributed by atoms with van der Waals surface area (Å²) in [5, 5.41) is 22.6. The highest BCUT2D eigenvalue weighted by Crippen LogP contribution is 2.44. The molecule has 0 spiro atoms. The summed E-state index contributed by atoms with van der Waals surface area (Å²) < 4.78 is 95.3. The van der Waals surface area contributed by atoms with Crippen LogP contribution in [0.25, 0.3) is 0 Å². The van der Waals surface area contributed by atoms with Crippen molar-refractivity contribution in [2.75, 3.05) is 26.2 Å². The second-order valence-corrected chi connectivity index (χ2v) is 15.2. The standard InChI is InChI=1S/C37H43F6N3O6S/c1-4-9-29-35(52-24-20-30(53-22-24)37(41,42)43,13-8-17-46(29)21-27-25(36(38,39)40)11-7-16-44-27)31(47)45-18-14-34(50,15-19-45)26-10-5-6-12-28(26)51-23-33(2,3)32(48)49/h5-7,10-12,16,20,22,29,50H,4,8-9,13-15,17-19,21,23H2,1-3H3,(H,48,49)/t29-,35+/m1/s1. The SMILES string of the molecule is CCC[C@H]1N(Cc2ncccc2C(F)(F)F)CCC[C@@]1(Oc1csc(C(F)(F)F)c1)C(=O)N1CCC(O)(c2ccccc2OCC(C)(C)C(=O)O)CC1. The van der Waals surface area contributed by atoms with Crippen LogP contribution in [0.5, 0.6) is 11.5 Å². The molecule has 2 aliphatic heterocycles. The van der Waals surface area contributed by atoms with E-state index < -0.39 is 57.3 Å². The summed E-state index contributed by atoms with van der Waals surface area (Å²) in [4.78, 5) is 32.9. The Morgan fingerprint density at radius 2 is 1.70 bits per heavy atom. The molecule has 16 heteroatoms. The molecule has 5 rings (SSSR count). The minimum absolute atomic E-state index is 0.0180. The fourth-order valence-corrected chi connectivity index (χ4v) is 7.79. The van der Waals surface area contributed by atoms with Crippen molar-refractivity contribution < 1.29 is 55.6 Å². The normalized spacial score (nSPS) is 21.3. The predicted molar refractivity (Wildman–Crippen MR) is 183 cm³/mol. The number of aromatic nitrogens is 1. The molecule has 0 aliphatic carbocycles. The van der Waals surface area contributed by atoms with E-state index in [1.54, 1.807) is 29.2 Å². The first-order valence-corrected chi connectivity index (χ1v) is 18.3. The van der Waals surface area contributed by atoms with Gasteiger partial charge in [-0.1, -0.05) is 31.5 Å². The van der Waals surface area contributed by atoms with E-state index in [2.05, 4.69) is 4.98 Å². The van der Waals surface area contributed by atoms with E-state index in [1.807, 2.05) is 6.92 Å². The number of alkyl halides is 6. The third kappa shape index (κ3) is 8.75. The number of pyridine rings is 1. The number of carboxylic acids is 1. The molecule has 0 radical (unpaired) electrons. The highest BCUT2D eigenvalue weighted by molar-refractivity contribution is 7.10. The van der Waals surface area contributed by atoms with Crippen LogP contribution in [0.3, 0.4) is 0 Å². The molecule has 1 aromatic carbocycles. The van der Waals surface area contributed by atoms with Crippen molar-refractivity contribution in [3.8, 4) is 11.5 Å². The molecule has 3 aromatic rings. The highest BCUT2D eigenvalue weighted by Gasteiger charge is 2.55. The molecule has 0 unspecified atom stereocenters. The van der Waals surface area contributed by atoms with Gasteiger partial charge >= 0.3 is 18.3 Å². The molecule has 290 valence electrons. The number of thiophene rings is 1. The maximum absolute atomic E-state index is 14.9. The third-order valence-corrected chi connectivity index (χ3v) is 11.0. The number of para-hydroxylation sites is 1. The molecule has 2 fully saturated rings. The zero-order valence-corrected chi connectivity index (χ0v) is 30.4. The van der Waals surface area contributed by atoms with Crippen molar-refractivity contribution in [3.05, 3.63) is 75.7 Å². The Morgan fingerprint density at radius 1 is 1.00 bits per heavy atom. The molecular weight excluding hydrogens is 728 g/mol. The number of ether oxygens (including phenoxy) is 2. The number of likely N-dealkylation sites (tertiary alicyclic amines) is 2. The number of benzene rings is 1. The van der Waals surface area contributed by atoms with Crippen LogP contribution in [0.4, 0.5) is 26.3 Å². The van der Waals surface area contributed by atoms with Crippen LogP contribution in [0.15, 0.2) is 54.0 Å². The van der Waals surface area contributed by atoms with Crippen molar-refractivity contribution in [1.82, 2.24) is 14.8 Å². The van der Waals surface area contributed by atoms with Gasteiger partial charge in [-0.2, -0.15) is 26.3 Å². The number of carbonyl (C=O) groups is 2. The Hall–Kier alpha value is -3.89. The van der Waals surface area contributed by atoms with Crippen LogP contribution >= 0.6 is 11.3 Å². The minimum atomic E-state index is -4.69. The van der Waals surface area contributed by atoms with Crippen molar-refractivity contribution in [2.24, 2.45) is 5.41 Å². The lowest BCUT2D eigenvalue weighted by Gasteiger charge is -2.51. The van der Waals surface area contributed by atoms with Crippen molar-refractivity contribution in [2.45, 2.75) is 95.4 Å². The summed E-state index contributed by atoms with van der Waals surface area (Å²) in [7, 11) is 0. The lowest BCUT2D eigenvalue weighted by atomic mass is 9.78. The van der Waals surface area contributed by atoms with E-state index >= 15 is 0 Å². The summed E-state index contributed by atoms with van der Waals surface area (Å²) in [5.41, 5.74) is -5.20. The van der Waals surface area contributed by atoms with Gasteiger partial charge in [-0.05, 0) is 70.7 Å². The lowest BCUT2D eigenvalue weighted by molar-refractivity contribution is -0.166. The molecule has 9 nitrogen and oxygen atoms in total.